The van der Waals surface area contributed by atoms with E-state index in [9.17, 15) is 4.79 Å². The van der Waals surface area contributed by atoms with Crippen LogP contribution in [-0.4, -0.2) is 18.1 Å². The number of carbonyl (C=O) groups excluding carboxylic acids is 1. The molecule has 1 saturated carbocycles. The molecule has 4 heteroatoms. The van der Waals surface area contributed by atoms with Gasteiger partial charge in [-0.1, -0.05) is 48.0 Å². The summed E-state index contributed by atoms with van der Waals surface area (Å²) in [5, 5.41) is 3.14. The second-order valence-corrected chi connectivity index (χ2v) is 6.68. The van der Waals surface area contributed by atoms with Crippen LogP contribution in [0.1, 0.15) is 51.9 Å². The Morgan fingerprint density at radius 3 is 2.33 bits per heavy atom. The lowest BCUT2D eigenvalue weighted by Gasteiger charge is -2.23. The maximum atomic E-state index is 12.2. The van der Waals surface area contributed by atoms with Crippen molar-refractivity contribution in [1.82, 2.24) is 5.32 Å². The maximum absolute atomic E-state index is 12.2. The van der Waals surface area contributed by atoms with Crippen molar-refractivity contribution >= 4 is 21.8 Å². The van der Waals surface area contributed by atoms with Crippen LogP contribution in [0.2, 0.25) is 0 Å². The fraction of sp³-hybridized carbons (Fsp3) is 0.588. The molecule has 1 aromatic rings. The van der Waals surface area contributed by atoms with Crippen molar-refractivity contribution in [1.29, 1.82) is 0 Å². The summed E-state index contributed by atoms with van der Waals surface area (Å²) in [4.78, 5) is 12.2. The van der Waals surface area contributed by atoms with E-state index in [0.29, 0.717) is 6.04 Å². The average Bonchev–Trinajstić information content (AvgIpc) is 2.44. The van der Waals surface area contributed by atoms with E-state index in [2.05, 4.69) is 21.2 Å². The molecule has 1 N–H and O–H groups in total. The summed E-state index contributed by atoms with van der Waals surface area (Å²) in [6.07, 6.45) is 8.07. The third-order valence-electron chi connectivity index (χ3n) is 3.95. The van der Waals surface area contributed by atoms with E-state index in [-0.39, 0.29) is 5.91 Å². The summed E-state index contributed by atoms with van der Waals surface area (Å²) in [5.74, 6) is 0.710. The Bertz CT molecular complexity index is 439. The number of halogens is 1. The highest BCUT2D eigenvalue weighted by atomic mass is 79.9. The van der Waals surface area contributed by atoms with E-state index < -0.39 is 6.10 Å². The zero-order valence-electron chi connectivity index (χ0n) is 12.6. The van der Waals surface area contributed by atoms with Gasteiger partial charge in [0, 0.05) is 10.5 Å². The number of hydrogen-bond donors (Lipinski definition) is 1. The molecule has 0 spiro atoms. The van der Waals surface area contributed by atoms with Crippen molar-refractivity contribution in [2.24, 2.45) is 0 Å². The van der Waals surface area contributed by atoms with E-state index in [4.69, 9.17) is 4.74 Å². The Kier molecular flexibility index (Phi) is 6.55. The second-order valence-electron chi connectivity index (χ2n) is 5.76. The van der Waals surface area contributed by atoms with E-state index >= 15 is 0 Å². The van der Waals surface area contributed by atoms with Gasteiger partial charge < -0.3 is 10.1 Å². The molecule has 3 nitrogen and oxygen atoms in total. The molecule has 0 bridgehead atoms. The summed E-state index contributed by atoms with van der Waals surface area (Å²) in [5.41, 5.74) is 0. The van der Waals surface area contributed by atoms with Gasteiger partial charge in [-0.05, 0) is 44.0 Å². The minimum Gasteiger partial charge on any atom is -0.481 e. The molecular weight excluding hydrogens is 330 g/mol. The van der Waals surface area contributed by atoms with Gasteiger partial charge in [0.05, 0.1) is 0 Å². The van der Waals surface area contributed by atoms with Crippen LogP contribution in [0.25, 0.3) is 0 Å². The molecule has 1 atom stereocenters. The van der Waals surface area contributed by atoms with Gasteiger partial charge >= 0.3 is 0 Å². The fourth-order valence-electron chi connectivity index (χ4n) is 2.69. The maximum Gasteiger partial charge on any atom is 0.260 e. The molecular formula is C17H24BrNO2. The summed E-state index contributed by atoms with van der Waals surface area (Å²) in [6.45, 7) is 1.81. The van der Waals surface area contributed by atoms with Crippen molar-refractivity contribution in [2.45, 2.75) is 64.0 Å². The number of benzene rings is 1. The molecule has 1 aliphatic rings. The lowest BCUT2D eigenvalue weighted by atomic mass is 9.96. The first kappa shape index (κ1) is 16.3. The molecule has 21 heavy (non-hydrogen) atoms. The van der Waals surface area contributed by atoms with Gasteiger partial charge in [-0.2, -0.15) is 0 Å². The Hall–Kier alpha value is -1.03. The molecule has 0 heterocycles. The lowest BCUT2D eigenvalue weighted by molar-refractivity contribution is -0.128. The highest BCUT2D eigenvalue weighted by Crippen LogP contribution is 2.19. The normalized spacial score (nSPS) is 18.4. The van der Waals surface area contributed by atoms with Crippen molar-refractivity contribution in [2.75, 3.05) is 0 Å². The van der Waals surface area contributed by atoms with Gasteiger partial charge in [-0.15, -0.1) is 0 Å². The molecule has 116 valence electrons. The molecule has 1 unspecified atom stereocenters. The predicted molar refractivity (Wildman–Crippen MR) is 88.5 cm³/mol. The summed E-state index contributed by atoms with van der Waals surface area (Å²) < 4.78 is 6.70. The van der Waals surface area contributed by atoms with Gasteiger partial charge in [-0.25, -0.2) is 0 Å². The van der Waals surface area contributed by atoms with Crippen LogP contribution in [-0.2, 0) is 4.79 Å². The number of nitrogens with one attached hydrogen (secondary N) is 1. The first-order valence-corrected chi connectivity index (χ1v) is 8.67. The summed E-state index contributed by atoms with van der Waals surface area (Å²) in [6, 6.07) is 7.87. The largest absolute Gasteiger partial charge is 0.481 e. The van der Waals surface area contributed by atoms with Crippen LogP contribution in [0.15, 0.2) is 28.7 Å². The number of rotatable bonds is 4. The van der Waals surface area contributed by atoms with Crippen LogP contribution in [0.5, 0.6) is 5.75 Å². The summed E-state index contributed by atoms with van der Waals surface area (Å²) >= 11 is 3.39. The van der Waals surface area contributed by atoms with Gasteiger partial charge in [-0.3, -0.25) is 4.79 Å². The van der Waals surface area contributed by atoms with Crippen molar-refractivity contribution in [3.63, 3.8) is 0 Å². The van der Waals surface area contributed by atoms with Crippen LogP contribution in [0, 0.1) is 0 Å². The van der Waals surface area contributed by atoms with Crippen LogP contribution in [0.4, 0.5) is 0 Å². The Morgan fingerprint density at radius 2 is 1.71 bits per heavy atom. The van der Waals surface area contributed by atoms with E-state index in [1.165, 1.54) is 32.1 Å². The first-order valence-electron chi connectivity index (χ1n) is 7.88. The quantitative estimate of drug-likeness (QED) is 0.868. The number of hydrogen-bond acceptors (Lipinski definition) is 2. The standard InChI is InChI=1S/C17H24BrNO2/c1-13(21-16-11-9-14(18)10-12-16)17(20)19-15-7-5-3-2-4-6-8-15/h9-13,15H,2-8H2,1H3,(H,19,20). The molecule has 0 aromatic heterocycles. The number of carbonyl (C=O) groups is 1. The van der Waals surface area contributed by atoms with Gasteiger partial charge in [0.25, 0.3) is 5.91 Å². The monoisotopic (exact) mass is 353 g/mol. The Morgan fingerprint density at radius 1 is 1.14 bits per heavy atom. The van der Waals surface area contributed by atoms with Crippen molar-refractivity contribution in [3.05, 3.63) is 28.7 Å². The lowest BCUT2D eigenvalue weighted by Crippen LogP contribution is -2.42. The van der Waals surface area contributed by atoms with Crippen molar-refractivity contribution in [3.8, 4) is 5.75 Å². The molecule has 0 aliphatic heterocycles. The van der Waals surface area contributed by atoms with E-state index in [1.54, 1.807) is 6.92 Å². The summed E-state index contributed by atoms with van der Waals surface area (Å²) in [7, 11) is 0. The molecule has 1 aromatic carbocycles. The van der Waals surface area contributed by atoms with Crippen LogP contribution >= 0.6 is 15.9 Å². The molecule has 0 saturated heterocycles. The third-order valence-corrected chi connectivity index (χ3v) is 4.48. The Balaban J connectivity index is 1.82. The average molecular weight is 354 g/mol. The SMILES string of the molecule is CC(Oc1ccc(Br)cc1)C(=O)NC1CCCCCCC1. The van der Waals surface area contributed by atoms with Crippen molar-refractivity contribution < 1.29 is 9.53 Å². The first-order chi connectivity index (χ1) is 10.1. The highest BCUT2D eigenvalue weighted by Gasteiger charge is 2.19. The third kappa shape index (κ3) is 5.70. The van der Waals surface area contributed by atoms with Crippen LogP contribution in [0.3, 0.4) is 0 Å². The molecule has 1 aliphatic carbocycles. The van der Waals surface area contributed by atoms with E-state index in [0.717, 1.165) is 23.1 Å². The number of amides is 1. The van der Waals surface area contributed by atoms with Gasteiger partial charge in [0.15, 0.2) is 6.10 Å². The molecule has 0 radical (unpaired) electrons. The zero-order chi connectivity index (χ0) is 15.1. The second kappa shape index (κ2) is 8.42. The fourth-order valence-corrected chi connectivity index (χ4v) is 2.95. The molecule has 2 rings (SSSR count). The zero-order valence-corrected chi connectivity index (χ0v) is 14.2. The van der Waals surface area contributed by atoms with E-state index in [1.807, 2.05) is 24.3 Å². The Labute approximate surface area is 135 Å². The highest BCUT2D eigenvalue weighted by molar-refractivity contribution is 9.10. The van der Waals surface area contributed by atoms with Gasteiger partial charge in [0.1, 0.15) is 5.75 Å². The van der Waals surface area contributed by atoms with Crippen LogP contribution < -0.4 is 10.1 Å². The minimum atomic E-state index is -0.461. The number of ether oxygens (including phenoxy) is 1. The minimum absolute atomic E-state index is 0.0107. The smallest absolute Gasteiger partial charge is 0.260 e. The molecule has 1 amide bonds. The topological polar surface area (TPSA) is 38.3 Å². The predicted octanol–water partition coefficient (Wildman–Crippen LogP) is 4.45. The van der Waals surface area contributed by atoms with Gasteiger partial charge in [0.2, 0.25) is 0 Å². The molecule has 1 fully saturated rings.